The van der Waals surface area contributed by atoms with E-state index in [2.05, 4.69) is 29.6 Å². The molecule has 1 amide bonds. The number of aromatic nitrogens is 2. The van der Waals surface area contributed by atoms with Crippen LogP contribution in [0.25, 0.3) is 0 Å². The van der Waals surface area contributed by atoms with Crippen LogP contribution in [0.1, 0.15) is 38.8 Å². The molecule has 1 aromatic rings. The highest BCUT2D eigenvalue weighted by Crippen LogP contribution is 2.31. The minimum absolute atomic E-state index is 0.0599. The van der Waals surface area contributed by atoms with E-state index in [0.29, 0.717) is 0 Å². The molecule has 5 nitrogen and oxygen atoms in total. The number of nitrogens with zero attached hydrogens (tertiary/aromatic N) is 2. The van der Waals surface area contributed by atoms with E-state index in [4.69, 9.17) is 0 Å². The van der Waals surface area contributed by atoms with Gasteiger partial charge in [0.25, 0.3) is 0 Å². The Hall–Kier alpha value is -1.52. The van der Waals surface area contributed by atoms with Crippen LogP contribution in [-0.4, -0.2) is 21.7 Å². The summed E-state index contributed by atoms with van der Waals surface area (Å²) < 4.78 is 1.82. The average Bonchev–Trinajstić information content (AvgIpc) is 2.58. The Labute approximate surface area is 102 Å². The lowest BCUT2D eigenvalue weighted by atomic mass is 10.1. The second-order valence-electron chi connectivity index (χ2n) is 4.52. The Morgan fingerprint density at radius 2 is 2.12 bits per heavy atom. The van der Waals surface area contributed by atoms with Crippen LogP contribution in [0.2, 0.25) is 0 Å². The lowest BCUT2D eigenvalue weighted by molar-refractivity contribution is -0.117. The molecular formula is C12H20N4O. The molecule has 0 spiro atoms. The Morgan fingerprint density at radius 3 is 2.76 bits per heavy atom. The minimum atomic E-state index is -0.127. The van der Waals surface area contributed by atoms with Gasteiger partial charge >= 0.3 is 0 Å². The van der Waals surface area contributed by atoms with Gasteiger partial charge in [-0.3, -0.25) is 9.48 Å². The highest BCUT2D eigenvalue weighted by atomic mass is 16.2. The molecule has 2 rings (SSSR count). The van der Waals surface area contributed by atoms with Gasteiger partial charge in [0.2, 0.25) is 5.91 Å². The number of carbonyl (C=O) groups is 1. The number of aryl methyl sites for hydroxylation is 2. The maximum Gasteiger partial charge on any atom is 0.247 e. The molecule has 2 N–H and O–H groups in total. The van der Waals surface area contributed by atoms with Crippen LogP contribution in [0.3, 0.4) is 0 Å². The first-order chi connectivity index (χ1) is 8.17. The Kier molecular flexibility index (Phi) is 3.36. The molecule has 2 heterocycles. The summed E-state index contributed by atoms with van der Waals surface area (Å²) >= 11 is 0. The summed E-state index contributed by atoms with van der Waals surface area (Å²) in [6.45, 7) is 4.19. The molecule has 1 aromatic heterocycles. The van der Waals surface area contributed by atoms with E-state index in [9.17, 15) is 4.79 Å². The highest BCUT2D eigenvalue weighted by Gasteiger charge is 2.29. The molecule has 1 aliphatic rings. The van der Waals surface area contributed by atoms with Crippen LogP contribution in [-0.2, 0) is 18.3 Å². The number of carbonyl (C=O) groups excluding carboxylic acids is 1. The summed E-state index contributed by atoms with van der Waals surface area (Å²) in [5.74, 6) is 0.996. The summed E-state index contributed by atoms with van der Waals surface area (Å²) in [4.78, 5) is 11.9. The van der Waals surface area contributed by atoms with Gasteiger partial charge in [-0.2, -0.15) is 5.10 Å². The topological polar surface area (TPSA) is 59.0 Å². The zero-order valence-corrected chi connectivity index (χ0v) is 10.7. The van der Waals surface area contributed by atoms with Crippen molar-refractivity contribution in [2.24, 2.45) is 7.05 Å². The third-order valence-corrected chi connectivity index (χ3v) is 3.06. The fraction of sp³-hybridized carbons (Fsp3) is 0.667. The summed E-state index contributed by atoms with van der Waals surface area (Å²) in [5, 5.41) is 10.7. The molecule has 0 fully saturated rings. The minimum Gasteiger partial charge on any atom is -0.357 e. The van der Waals surface area contributed by atoms with Crippen molar-refractivity contribution in [3.63, 3.8) is 0 Å². The fourth-order valence-electron chi connectivity index (χ4n) is 2.22. The third-order valence-electron chi connectivity index (χ3n) is 3.06. The number of hydrogen-bond donors (Lipinski definition) is 2. The largest absolute Gasteiger partial charge is 0.357 e. The smallest absolute Gasteiger partial charge is 0.247 e. The maximum absolute atomic E-state index is 11.9. The zero-order chi connectivity index (χ0) is 12.4. The molecule has 0 bridgehead atoms. The number of nitrogens with one attached hydrogen (secondary N) is 2. The third kappa shape index (κ3) is 2.14. The summed E-state index contributed by atoms with van der Waals surface area (Å²) in [7, 11) is 1.91. The Morgan fingerprint density at radius 1 is 1.35 bits per heavy atom. The molecule has 94 valence electrons. The first kappa shape index (κ1) is 12.0. The second kappa shape index (κ2) is 4.77. The van der Waals surface area contributed by atoms with E-state index < -0.39 is 0 Å². The average molecular weight is 236 g/mol. The van der Waals surface area contributed by atoms with Crippen LogP contribution in [0, 0.1) is 0 Å². The van der Waals surface area contributed by atoms with Crippen molar-refractivity contribution in [1.29, 1.82) is 0 Å². The molecule has 0 saturated heterocycles. The van der Waals surface area contributed by atoms with Crippen molar-refractivity contribution in [2.75, 3.05) is 10.6 Å². The maximum atomic E-state index is 11.9. The number of anilines is 2. The highest BCUT2D eigenvalue weighted by molar-refractivity contribution is 6.02. The molecule has 1 unspecified atom stereocenters. The van der Waals surface area contributed by atoms with Gasteiger partial charge in [-0.1, -0.05) is 26.7 Å². The van der Waals surface area contributed by atoms with E-state index in [1.807, 2.05) is 11.7 Å². The normalized spacial score (nSPS) is 18.5. The van der Waals surface area contributed by atoms with Gasteiger partial charge in [0.1, 0.15) is 17.5 Å². The van der Waals surface area contributed by atoms with Gasteiger partial charge in [-0.15, -0.1) is 0 Å². The fourth-order valence-corrected chi connectivity index (χ4v) is 2.22. The van der Waals surface area contributed by atoms with E-state index in [0.717, 1.165) is 42.9 Å². The predicted octanol–water partition coefficient (Wildman–Crippen LogP) is 1.91. The number of fused-ring (bicyclic) bond motifs is 1. The molecule has 1 aliphatic heterocycles. The Bertz CT molecular complexity index is 424. The van der Waals surface area contributed by atoms with Crippen molar-refractivity contribution < 1.29 is 4.79 Å². The molecule has 5 heteroatoms. The monoisotopic (exact) mass is 236 g/mol. The molecule has 0 aromatic carbocycles. The van der Waals surface area contributed by atoms with Gasteiger partial charge in [-0.05, 0) is 12.8 Å². The molecule has 0 radical (unpaired) electrons. The summed E-state index contributed by atoms with van der Waals surface area (Å²) in [6, 6.07) is -0.127. The van der Waals surface area contributed by atoms with E-state index in [1.165, 1.54) is 0 Å². The van der Waals surface area contributed by atoms with Crippen molar-refractivity contribution >= 4 is 17.4 Å². The van der Waals surface area contributed by atoms with Crippen LogP contribution >= 0.6 is 0 Å². The quantitative estimate of drug-likeness (QED) is 0.839. The molecule has 17 heavy (non-hydrogen) atoms. The van der Waals surface area contributed by atoms with E-state index in [1.54, 1.807) is 0 Å². The van der Waals surface area contributed by atoms with Gasteiger partial charge < -0.3 is 10.6 Å². The molecule has 0 aliphatic carbocycles. The number of hydrogen-bond acceptors (Lipinski definition) is 3. The summed E-state index contributed by atoms with van der Waals surface area (Å²) in [5.41, 5.74) is 1.84. The van der Waals surface area contributed by atoms with Crippen LogP contribution in [0.5, 0.6) is 0 Å². The van der Waals surface area contributed by atoms with Gasteiger partial charge in [-0.25, -0.2) is 0 Å². The van der Waals surface area contributed by atoms with Crippen molar-refractivity contribution in [1.82, 2.24) is 9.78 Å². The number of amides is 1. The van der Waals surface area contributed by atoms with Gasteiger partial charge in [0.15, 0.2) is 0 Å². The molecule has 0 saturated carbocycles. The molecular weight excluding hydrogens is 216 g/mol. The lowest BCUT2D eigenvalue weighted by Gasteiger charge is -2.24. The molecule has 1 atom stereocenters. The first-order valence-corrected chi connectivity index (χ1v) is 6.30. The zero-order valence-electron chi connectivity index (χ0n) is 10.7. The van der Waals surface area contributed by atoms with Gasteiger partial charge in [0.05, 0.1) is 5.69 Å². The van der Waals surface area contributed by atoms with E-state index in [-0.39, 0.29) is 11.9 Å². The number of rotatable bonds is 4. The van der Waals surface area contributed by atoms with Crippen LogP contribution in [0.15, 0.2) is 0 Å². The lowest BCUT2D eigenvalue weighted by Crippen LogP contribution is -2.39. The van der Waals surface area contributed by atoms with E-state index >= 15 is 0 Å². The summed E-state index contributed by atoms with van der Waals surface area (Å²) in [6.07, 6.45) is 3.75. The van der Waals surface area contributed by atoms with Crippen LogP contribution in [0.4, 0.5) is 11.5 Å². The van der Waals surface area contributed by atoms with Crippen LogP contribution < -0.4 is 10.6 Å². The Balaban J connectivity index is 2.29. The predicted molar refractivity (Wildman–Crippen MR) is 68.2 cm³/mol. The second-order valence-corrected chi connectivity index (χ2v) is 4.52. The van der Waals surface area contributed by atoms with Crippen molar-refractivity contribution in [3.05, 3.63) is 5.69 Å². The van der Waals surface area contributed by atoms with Crippen molar-refractivity contribution in [3.8, 4) is 0 Å². The SMILES string of the molecule is CCCc1nn(C)c2c1NC(=O)C(CCC)N2. The van der Waals surface area contributed by atoms with Crippen molar-refractivity contribution in [2.45, 2.75) is 45.6 Å². The standard InChI is InChI=1S/C12H20N4O/c1-4-6-8-10-11(16(3)15-8)13-9(7-5-2)12(17)14-10/h9,13H,4-7H2,1-3H3,(H,14,17). The van der Waals surface area contributed by atoms with Gasteiger partial charge in [0, 0.05) is 7.05 Å². The first-order valence-electron chi connectivity index (χ1n) is 6.30.